The van der Waals surface area contributed by atoms with E-state index in [1.807, 2.05) is 19.1 Å². The lowest BCUT2D eigenvalue weighted by molar-refractivity contribution is -0.137. The molecule has 1 unspecified atom stereocenters. The molecule has 1 N–H and O–H groups in total. The number of hydrogen-bond acceptors (Lipinski definition) is 2. The number of carboxylic acid groups (broad SMARTS) is 1. The molecule has 1 atom stereocenters. The topological polar surface area (TPSA) is 40.5 Å². The zero-order chi connectivity index (χ0) is 11.0. The van der Waals surface area contributed by atoms with Gasteiger partial charge in [0.15, 0.2) is 0 Å². The molecule has 0 fully saturated rings. The van der Waals surface area contributed by atoms with Gasteiger partial charge in [0.25, 0.3) is 0 Å². The van der Waals surface area contributed by atoms with Crippen LogP contribution in [-0.4, -0.2) is 35.1 Å². The zero-order valence-corrected chi connectivity index (χ0v) is 8.78. The Labute approximate surface area is 85.7 Å². The summed E-state index contributed by atoms with van der Waals surface area (Å²) in [6, 6.07) is 0.252. The van der Waals surface area contributed by atoms with Crippen molar-refractivity contribution in [1.82, 2.24) is 4.90 Å². The van der Waals surface area contributed by atoms with Gasteiger partial charge in [-0.15, -0.1) is 13.2 Å². The molecule has 3 heteroatoms. The van der Waals surface area contributed by atoms with Crippen LogP contribution in [0.4, 0.5) is 0 Å². The van der Waals surface area contributed by atoms with Gasteiger partial charge >= 0.3 is 5.97 Å². The molecule has 0 spiro atoms. The molecular weight excluding hydrogens is 178 g/mol. The first-order valence-electron chi connectivity index (χ1n) is 4.79. The zero-order valence-electron chi connectivity index (χ0n) is 8.78. The van der Waals surface area contributed by atoms with Crippen LogP contribution >= 0.6 is 0 Å². The van der Waals surface area contributed by atoms with Gasteiger partial charge in [0.2, 0.25) is 0 Å². The second-order valence-electron chi connectivity index (χ2n) is 3.31. The van der Waals surface area contributed by atoms with Gasteiger partial charge in [-0.2, -0.15) is 0 Å². The molecule has 0 rings (SSSR count). The molecule has 0 aliphatic rings. The maximum absolute atomic E-state index is 10.4. The van der Waals surface area contributed by atoms with Gasteiger partial charge in [-0.05, 0) is 13.3 Å². The van der Waals surface area contributed by atoms with Gasteiger partial charge in [0.1, 0.15) is 0 Å². The minimum Gasteiger partial charge on any atom is -0.481 e. The summed E-state index contributed by atoms with van der Waals surface area (Å²) in [6.45, 7) is 10.9. The van der Waals surface area contributed by atoms with Crippen LogP contribution in [0.5, 0.6) is 0 Å². The first-order valence-corrected chi connectivity index (χ1v) is 4.79. The second kappa shape index (κ2) is 7.33. The average Bonchev–Trinajstić information content (AvgIpc) is 2.14. The normalized spacial score (nSPS) is 12.4. The Kier molecular flexibility index (Phi) is 6.76. The van der Waals surface area contributed by atoms with Crippen molar-refractivity contribution >= 4 is 5.97 Å². The summed E-state index contributed by atoms with van der Waals surface area (Å²) in [6.07, 6.45) is 4.52. The Morgan fingerprint density at radius 1 is 1.43 bits per heavy atom. The fraction of sp³-hybridized carbons (Fsp3) is 0.545. The predicted molar refractivity (Wildman–Crippen MR) is 58.3 cm³/mol. The molecule has 0 saturated carbocycles. The number of rotatable bonds is 8. The summed E-state index contributed by atoms with van der Waals surface area (Å²) in [4.78, 5) is 12.5. The van der Waals surface area contributed by atoms with Gasteiger partial charge in [0, 0.05) is 25.6 Å². The summed E-state index contributed by atoms with van der Waals surface area (Å²) in [7, 11) is 0. The van der Waals surface area contributed by atoms with Crippen LogP contribution in [0, 0.1) is 0 Å². The van der Waals surface area contributed by atoms with E-state index in [1.54, 1.807) is 0 Å². The molecule has 0 radical (unpaired) electrons. The van der Waals surface area contributed by atoms with Gasteiger partial charge in [-0.1, -0.05) is 12.2 Å². The van der Waals surface area contributed by atoms with E-state index in [2.05, 4.69) is 18.1 Å². The standard InChI is InChI=1S/C11H19NO2/c1-4-8-12(9-5-2)10(3)6-7-11(13)14/h4-5,10H,1-2,6-9H2,3H3,(H,13,14). The highest BCUT2D eigenvalue weighted by atomic mass is 16.4. The molecule has 0 aliphatic heterocycles. The van der Waals surface area contributed by atoms with E-state index in [9.17, 15) is 4.79 Å². The second-order valence-corrected chi connectivity index (χ2v) is 3.31. The van der Waals surface area contributed by atoms with E-state index in [0.29, 0.717) is 6.42 Å². The first-order chi connectivity index (χ1) is 6.61. The fourth-order valence-electron chi connectivity index (χ4n) is 1.28. The summed E-state index contributed by atoms with van der Waals surface area (Å²) in [5.41, 5.74) is 0. The lowest BCUT2D eigenvalue weighted by Gasteiger charge is -2.26. The largest absolute Gasteiger partial charge is 0.481 e. The third-order valence-corrected chi connectivity index (χ3v) is 2.13. The Morgan fingerprint density at radius 3 is 2.29 bits per heavy atom. The van der Waals surface area contributed by atoms with Crippen LogP contribution in [-0.2, 0) is 4.79 Å². The van der Waals surface area contributed by atoms with E-state index in [0.717, 1.165) is 13.1 Å². The van der Waals surface area contributed by atoms with Crippen LogP contribution in [0.15, 0.2) is 25.3 Å². The number of carbonyl (C=O) groups is 1. The molecule has 14 heavy (non-hydrogen) atoms. The van der Waals surface area contributed by atoms with E-state index in [-0.39, 0.29) is 12.5 Å². The minimum absolute atomic E-state index is 0.214. The summed E-state index contributed by atoms with van der Waals surface area (Å²) in [5, 5.41) is 8.55. The van der Waals surface area contributed by atoms with Crippen LogP contribution < -0.4 is 0 Å². The van der Waals surface area contributed by atoms with Crippen molar-refractivity contribution in [1.29, 1.82) is 0 Å². The maximum Gasteiger partial charge on any atom is 0.303 e. The van der Waals surface area contributed by atoms with Crippen LogP contribution in [0.1, 0.15) is 19.8 Å². The molecule has 0 aromatic rings. The lowest BCUT2D eigenvalue weighted by Crippen LogP contribution is -2.33. The van der Waals surface area contributed by atoms with Crippen molar-refractivity contribution in [2.24, 2.45) is 0 Å². The predicted octanol–water partition coefficient (Wildman–Crippen LogP) is 1.91. The van der Waals surface area contributed by atoms with Crippen molar-refractivity contribution in [2.45, 2.75) is 25.8 Å². The van der Waals surface area contributed by atoms with Gasteiger partial charge < -0.3 is 5.11 Å². The number of hydrogen-bond donors (Lipinski definition) is 1. The number of aliphatic carboxylic acids is 1. The van der Waals surface area contributed by atoms with Crippen molar-refractivity contribution in [3.05, 3.63) is 25.3 Å². The molecule has 80 valence electrons. The molecule has 0 amide bonds. The Morgan fingerprint density at radius 2 is 1.93 bits per heavy atom. The number of nitrogens with zero attached hydrogens (tertiary/aromatic N) is 1. The fourth-order valence-corrected chi connectivity index (χ4v) is 1.28. The van der Waals surface area contributed by atoms with Crippen molar-refractivity contribution in [2.75, 3.05) is 13.1 Å². The third kappa shape index (κ3) is 5.54. The molecule has 3 nitrogen and oxygen atoms in total. The Balaban J connectivity index is 3.98. The quantitative estimate of drug-likeness (QED) is 0.604. The smallest absolute Gasteiger partial charge is 0.303 e. The highest BCUT2D eigenvalue weighted by molar-refractivity contribution is 5.66. The van der Waals surface area contributed by atoms with E-state index < -0.39 is 5.97 Å². The van der Waals surface area contributed by atoms with Gasteiger partial charge in [-0.25, -0.2) is 0 Å². The summed E-state index contributed by atoms with van der Waals surface area (Å²) in [5.74, 6) is -0.742. The Bertz CT molecular complexity index is 191. The highest BCUT2D eigenvalue weighted by Gasteiger charge is 2.11. The first kappa shape index (κ1) is 12.9. The molecule has 0 aromatic carbocycles. The average molecular weight is 197 g/mol. The lowest BCUT2D eigenvalue weighted by atomic mass is 10.1. The van der Waals surface area contributed by atoms with E-state index in [4.69, 9.17) is 5.11 Å². The van der Waals surface area contributed by atoms with Gasteiger partial charge in [-0.3, -0.25) is 9.69 Å². The molecule has 0 bridgehead atoms. The summed E-state index contributed by atoms with van der Waals surface area (Å²) < 4.78 is 0. The molecule has 0 aromatic heterocycles. The Hall–Kier alpha value is -1.09. The minimum atomic E-state index is -0.742. The van der Waals surface area contributed by atoms with Crippen molar-refractivity contribution < 1.29 is 9.90 Å². The van der Waals surface area contributed by atoms with E-state index >= 15 is 0 Å². The van der Waals surface area contributed by atoms with Crippen LogP contribution in [0.2, 0.25) is 0 Å². The highest BCUT2D eigenvalue weighted by Crippen LogP contribution is 2.06. The van der Waals surface area contributed by atoms with Gasteiger partial charge in [0.05, 0.1) is 0 Å². The summed E-state index contributed by atoms with van der Waals surface area (Å²) >= 11 is 0. The third-order valence-electron chi connectivity index (χ3n) is 2.13. The molecule has 0 saturated heterocycles. The maximum atomic E-state index is 10.4. The molecule has 0 heterocycles. The monoisotopic (exact) mass is 197 g/mol. The van der Waals surface area contributed by atoms with Crippen molar-refractivity contribution in [3.8, 4) is 0 Å². The van der Waals surface area contributed by atoms with Crippen LogP contribution in [0.3, 0.4) is 0 Å². The molecule has 0 aliphatic carbocycles. The van der Waals surface area contributed by atoms with E-state index in [1.165, 1.54) is 0 Å². The SMILES string of the molecule is C=CCN(CC=C)C(C)CCC(=O)O. The number of carboxylic acids is 1. The van der Waals surface area contributed by atoms with Crippen LogP contribution in [0.25, 0.3) is 0 Å². The molecular formula is C11H19NO2. The van der Waals surface area contributed by atoms with Crippen molar-refractivity contribution in [3.63, 3.8) is 0 Å².